The van der Waals surface area contributed by atoms with Gasteiger partial charge in [-0.05, 0) is 13.0 Å². The summed E-state index contributed by atoms with van der Waals surface area (Å²) in [6.07, 6.45) is 11.9. The summed E-state index contributed by atoms with van der Waals surface area (Å²) in [7, 11) is -9.73. The van der Waals surface area contributed by atoms with Gasteiger partial charge in [-0.15, -0.1) is 0 Å². The van der Waals surface area contributed by atoms with E-state index in [2.05, 4.69) is 6.92 Å². The third-order valence-electron chi connectivity index (χ3n) is 4.07. The third kappa shape index (κ3) is 29.5. The third-order valence-corrected chi connectivity index (χ3v) is 5.57. The molecule has 0 amide bonds. The normalized spacial score (nSPS) is 11.9. The number of hydrogen-bond acceptors (Lipinski definition) is 7. The molecule has 27 heavy (non-hydrogen) atoms. The van der Waals surface area contributed by atoms with E-state index >= 15 is 0 Å². The maximum Gasteiger partial charge on any atom is 1.00 e. The Balaban J connectivity index is -0.00000288. The first-order chi connectivity index (χ1) is 11.6. The molecule has 0 heterocycles. The van der Waals surface area contributed by atoms with Crippen LogP contribution in [0.15, 0.2) is 0 Å². The molecule has 7 nitrogen and oxygen atoms in total. The van der Waals surface area contributed by atoms with E-state index in [4.69, 9.17) is 0 Å². The van der Waals surface area contributed by atoms with Crippen LogP contribution in [-0.2, 0) is 9.13 Å². The van der Waals surface area contributed by atoms with Gasteiger partial charge in [-0.25, -0.2) is 0 Å². The molecule has 0 spiro atoms. The SMILES string of the molecule is CCCCCCCCCCCCCCN(CP(=O)([O-])[O-])CP(=O)([O-])[O-].[K+].[K+]. The predicted molar refractivity (Wildman–Crippen MR) is 92.7 cm³/mol. The molecule has 0 aromatic heterocycles. The van der Waals surface area contributed by atoms with Gasteiger partial charge in [0.15, 0.2) is 0 Å². The summed E-state index contributed by atoms with van der Waals surface area (Å²) in [6, 6.07) is 0. The van der Waals surface area contributed by atoms with Crippen LogP contribution in [0.5, 0.6) is 0 Å². The molecule has 0 N–H and O–H groups in total. The molecule has 152 valence electrons. The van der Waals surface area contributed by atoms with Gasteiger partial charge < -0.3 is 28.7 Å². The molecule has 0 unspecified atom stereocenters. The zero-order valence-electron chi connectivity index (χ0n) is 17.4. The maximum absolute atomic E-state index is 10.8. The van der Waals surface area contributed by atoms with Gasteiger partial charge in [-0.3, -0.25) is 4.90 Å². The van der Waals surface area contributed by atoms with Crippen molar-refractivity contribution in [2.75, 3.05) is 19.1 Å². The van der Waals surface area contributed by atoms with Crippen molar-refractivity contribution >= 4 is 15.2 Å². The van der Waals surface area contributed by atoms with Crippen molar-refractivity contribution < 1.29 is 131 Å². The van der Waals surface area contributed by atoms with Gasteiger partial charge in [0.05, 0.1) is 0 Å². The van der Waals surface area contributed by atoms with Crippen molar-refractivity contribution in [1.29, 1.82) is 0 Å². The van der Waals surface area contributed by atoms with E-state index in [0.29, 0.717) is 6.42 Å². The van der Waals surface area contributed by atoms with Crippen molar-refractivity contribution in [1.82, 2.24) is 4.90 Å². The number of unbranched alkanes of at least 4 members (excludes halogenated alkanes) is 11. The zero-order valence-corrected chi connectivity index (χ0v) is 25.4. The van der Waals surface area contributed by atoms with E-state index in [-0.39, 0.29) is 109 Å². The fourth-order valence-electron chi connectivity index (χ4n) is 2.85. The van der Waals surface area contributed by atoms with Crippen LogP contribution in [0.1, 0.15) is 84.0 Å². The van der Waals surface area contributed by atoms with Crippen molar-refractivity contribution in [3.8, 4) is 0 Å². The fourth-order valence-corrected chi connectivity index (χ4v) is 4.47. The summed E-state index contributed by atoms with van der Waals surface area (Å²) in [4.78, 5) is 44.1. The van der Waals surface area contributed by atoms with Crippen LogP contribution in [0.4, 0.5) is 0 Å². The summed E-state index contributed by atoms with van der Waals surface area (Å²) >= 11 is 0. The molecule has 0 fully saturated rings. The number of rotatable bonds is 17. The van der Waals surface area contributed by atoms with Gasteiger partial charge in [0.1, 0.15) is 0 Å². The Kier molecular flexibility index (Phi) is 27.8. The maximum atomic E-state index is 10.8. The van der Waals surface area contributed by atoms with Crippen molar-refractivity contribution in [3.05, 3.63) is 0 Å². The number of hydrogen-bond donors (Lipinski definition) is 0. The van der Waals surface area contributed by atoms with Crippen molar-refractivity contribution in [3.63, 3.8) is 0 Å². The summed E-state index contributed by atoms with van der Waals surface area (Å²) in [6.45, 7) is 2.35. The van der Waals surface area contributed by atoms with Crippen LogP contribution >= 0.6 is 15.2 Å². The minimum absolute atomic E-state index is 0. The van der Waals surface area contributed by atoms with Crippen LogP contribution in [0.3, 0.4) is 0 Å². The summed E-state index contributed by atoms with van der Waals surface area (Å²) in [5.74, 6) is 0. The average Bonchev–Trinajstić information content (AvgIpc) is 2.45. The van der Waals surface area contributed by atoms with Gasteiger partial charge in [0.2, 0.25) is 0 Å². The van der Waals surface area contributed by atoms with Crippen LogP contribution in [0.2, 0.25) is 0 Å². The minimum atomic E-state index is -4.87. The molecule has 0 aliphatic rings. The van der Waals surface area contributed by atoms with Gasteiger partial charge in [0.25, 0.3) is 0 Å². The molecule has 0 saturated carbocycles. The first-order valence-electron chi connectivity index (χ1n) is 9.38. The van der Waals surface area contributed by atoms with E-state index in [0.717, 1.165) is 24.2 Å². The van der Waals surface area contributed by atoms with E-state index in [1.807, 2.05) is 0 Å². The Morgan fingerprint density at radius 1 is 0.593 bits per heavy atom. The van der Waals surface area contributed by atoms with Crippen molar-refractivity contribution in [2.45, 2.75) is 84.0 Å². The van der Waals surface area contributed by atoms with E-state index in [1.54, 1.807) is 0 Å². The minimum Gasteiger partial charge on any atom is -0.810 e. The molecule has 0 bridgehead atoms. The molecule has 0 rings (SSSR count). The second-order valence-electron chi connectivity index (χ2n) is 6.79. The first kappa shape index (κ1) is 35.1. The van der Waals surface area contributed by atoms with Crippen LogP contribution in [0, 0.1) is 0 Å². The monoisotopic (exact) mass is 475 g/mol. The molecule has 0 saturated heterocycles. The molecule has 0 atom stereocenters. The van der Waals surface area contributed by atoms with Gasteiger partial charge >= 0.3 is 103 Å². The van der Waals surface area contributed by atoms with Gasteiger partial charge in [-0.2, -0.15) is 0 Å². The molecule has 0 radical (unpaired) electrons. The smallest absolute Gasteiger partial charge is 0.810 e. The molecular formula is C16H33K2NO6P2-2. The predicted octanol–water partition coefficient (Wildman–Crippen LogP) is -4.26. The second-order valence-corrected chi connectivity index (χ2v) is 9.80. The zero-order chi connectivity index (χ0) is 19.2. The Bertz CT molecular complexity index is 396. The van der Waals surface area contributed by atoms with Gasteiger partial charge in [-0.1, -0.05) is 92.7 Å². The van der Waals surface area contributed by atoms with Crippen LogP contribution < -0.4 is 122 Å². The topological polar surface area (TPSA) is 130 Å². The van der Waals surface area contributed by atoms with E-state index in [1.165, 1.54) is 51.4 Å². The van der Waals surface area contributed by atoms with Crippen molar-refractivity contribution in [2.24, 2.45) is 0 Å². The first-order valence-corrected chi connectivity index (χ1v) is 12.8. The summed E-state index contributed by atoms with van der Waals surface area (Å²) in [5, 5.41) is 0. The Hall–Kier alpha value is 3.53. The molecule has 11 heteroatoms. The standard InChI is InChI=1S/C16H37NO6P2.2K/c1-2-3-4-5-6-7-8-9-10-11-12-13-14-17(15-24(18,19)20)16-25(21,22)23;;/h2-16H2,1H3,(H2,18,19,20)(H2,21,22,23);;/q;2*+1/p-4. The molecule has 0 aromatic carbocycles. The summed E-state index contributed by atoms with van der Waals surface area (Å²) < 4.78 is 21.6. The largest absolute Gasteiger partial charge is 1.00 e. The molecule has 0 aliphatic carbocycles. The molecule has 0 aliphatic heterocycles. The number of nitrogens with zero attached hydrogens (tertiary/aromatic N) is 1. The van der Waals surface area contributed by atoms with Crippen LogP contribution in [-0.4, -0.2) is 24.0 Å². The van der Waals surface area contributed by atoms with E-state index < -0.39 is 27.8 Å². The summed E-state index contributed by atoms with van der Waals surface area (Å²) in [5.41, 5.74) is 0. The Morgan fingerprint density at radius 2 is 0.889 bits per heavy atom. The second kappa shape index (κ2) is 21.4. The average molecular weight is 476 g/mol. The fraction of sp³-hybridized carbons (Fsp3) is 1.00. The molecule has 0 aromatic rings. The Labute approximate surface area is 250 Å². The van der Waals surface area contributed by atoms with Gasteiger partial charge in [0, 0.05) is 12.6 Å². The molecular weight excluding hydrogens is 442 g/mol. The van der Waals surface area contributed by atoms with Crippen LogP contribution in [0.25, 0.3) is 0 Å². The Morgan fingerprint density at radius 3 is 1.19 bits per heavy atom. The van der Waals surface area contributed by atoms with E-state index in [9.17, 15) is 28.7 Å². The quantitative estimate of drug-likeness (QED) is 0.118.